The molecular weight excluding hydrogens is 386 g/mol. The van der Waals surface area contributed by atoms with Crippen molar-refractivity contribution in [3.63, 3.8) is 0 Å². The van der Waals surface area contributed by atoms with E-state index in [0.29, 0.717) is 35.1 Å². The number of nitrogens with one attached hydrogen (secondary N) is 1. The number of benzene rings is 2. The largest absolute Gasteiger partial charge is 0.348 e. The first-order valence-electron chi connectivity index (χ1n) is 9.35. The summed E-state index contributed by atoms with van der Waals surface area (Å²) in [6.45, 7) is 4.41. The second-order valence-corrected chi connectivity index (χ2v) is 6.94. The van der Waals surface area contributed by atoms with Gasteiger partial charge in [-0.25, -0.2) is 0 Å². The van der Waals surface area contributed by atoms with Crippen molar-refractivity contribution in [3.05, 3.63) is 83.0 Å². The van der Waals surface area contributed by atoms with Gasteiger partial charge in [0, 0.05) is 31.8 Å². The number of pyridine rings is 1. The van der Waals surface area contributed by atoms with Crippen molar-refractivity contribution in [2.45, 2.75) is 20.4 Å². The van der Waals surface area contributed by atoms with Gasteiger partial charge in [-0.1, -0.05) is 48.0 Å². The zero-order chi connectivity index (χ0) is 20.8. The molecule has 148 valence electrons. The van der Waals surface area contributed by atoms with Crippen molar-refractivity contribution >= 4 is 29.1 Å². The molecule has 29 heavy (non-hydrogen) atoms. The monoisotopic (exact) mass is 407 g/mol. The van der Waals surface area contributed by atoms with E-state index in [1.807, 2.05) is 49.4 Å². The number of amides is 2. The predicted octanol–water partition coefficient (Wildman–Crippen LogP) is 4.70. The standard InChI is InChI=1S/C23H22ClN3O2/c1-3-27(16(2)28)22-12-10-18(13-20(22)24)21-11-9-19(15-25-21)23(29)26-14-17-7-5-4-6-8-17/h4-13,15H,3,14H2,1-2H3,(H,26,29). The van der Waals surface area contributed by atoms with Crippen LogP contribution in [0.4, 0.5) is 5.69 Å². The van der Waals surface area contributed by atoms with E-state index in [2.05, 4.69) is 10.3 Å². The number of anilines is 1. The Balaban J connectivity index is 1.72. The minimum atomic E-state index is -0.179. The van der Waals surface area contributed by atoms with Crippen molar-refractivity contribution in [2.75, 3.05) is 11.4 Å². The number of nitrogens with zero attached hydrogens (tertiary/aromatic N) is 2. The summed E-state index contributed by atoms with van der Waals surface area (Å²) < 4.78 is 0. The molecule has 3 aromatic rings. The van der Waals surface area contributed by atoms with E-state index in [1.54, 1.807) is 29.3 Å². The minimum Gasteiger partial charge on any atom is -0.348 e. The molecule has 0 unspecified atom stereocenters. The van der Waals surface area contributed by atoms with Gasteiger partial charge in [0.05, 0.1) is 22.0 Å². The summed E-state index contributed by atoms with van der Waals surface area (Å²) in [6, 6.07) is 18.7. The first kappa shape index (κ1) is 20.6. The van der Waals surface area contributed by atoms with E-state index in [9.17, 15) is 9.59 Å². The molecular formula is C23H22ClN3O2. The van der Waals surface area contributed by atoms with Gasteiger partial charge in [-0.05, 0) is 36.8 Å². The Morgan fingerprint density at radius 3 is 2.41 bits per heavy atom. The third kappa shape index (κ3) is 5.00. The van der Waals surface area contributed by atoms with E-state index in [4.69, 9.17) is 11.6 Å². The van der Waals surface area contributed by atoms with Crippen LogP contribution in [0.3, 0.4) is 0 Å². The molecule has 0 aliphatic heterocycles. The van der Waals surface area contributed by atoms with Gasteiger partial charge in [0.2, 0.25) is 5.91 Å². The van der Waals surface area contributed by atoms with Crippen molar-refractivity contribution < 1.29 is 9.59 Å². The fraction of sp³-hybridized carbons (Fsp3) is 0.174. The van der Waals surface area contributed by atoms with Crippen LogP contribution in [0.25, 0.3) is 11.3 Å². The Bertz CT molecular complexity index is 1000. The molecule has 0 bridgehead atoms. The molecule has 0 atom stereocenters. The third-order valence-corrected chi connectivity index (χ3v) is 4.85. The molecule has 1 N–H and O–H groups in total. The van der Waals surface area contributed by atoms with Crippen LogP contribution in [0.5, 0.6) is 0 Å². The zero-order valence-electron chi connectivity index (χ0n) is 16.4. The maximum atomic E-state index is 12.3. The average molecular weight is 408 g/mol. The molecule has 0 spiro atoms. The fourth-order valence-electron chi connectivity index (χ4n) is 3.03. The van der Waals surface area contributed by atoms with E-state index >= 15 is 0 Å². The van der Waals surface area contributed by atoms with Crippen LogP contribution in [0.2, 0.25) is 5.02 Å². The van der Waals surface area contributed by atoms with Gasteiger partial charge >= 0.3 is 0 Å². The molecule has 0 saturated carbocycles. The topological polar surface area (TPSA) is 62.3 Å². The van der Waals surface area contributed by atoms with Gasteiger partial charge in [-0.15, -0.1) is 0 Å². The molecule has 3 rings (SSSR count). The molecule has 5 nitrogen and oxygen atoms in total. The van der Waals surface area contributed by atoms with Crippen LogP contribution in [0.15, 0.2) is 66.9 Å². The van der Waals surface area contributed by atoms with Gasteiger partial charge in [-0.3, -0.25) is 14.6 Å². The lowest BCUT2D eigenvalue weighted by atomic mass is 10.1. The molecule has 1 heterocycles. The zero-order valence-corrected chi connectivity index (χ0v) is 17.1. The SMILES string of the molecule is CCN(C(C)=O)c1ccc(-c2ccc(C(=O)NCc3ccccc3)cn2)cc1Cl. The highest BCUT2D eigenvalue weighted by Gasteiger charge is 2.14. The third-order valence-electron chi connectivity index (χ3n) is 4.55. The predicted molar refractivity (Wildman–Crippen MR) is 116 cm³/mol. The van der Waals surface area contributed by atoms with Gasteiger partial charge in [-0.2, -0.15) is 0 Å². The molecule has 0 radical (unpaired) electrons. The number of carbonyl (C=O) groups is 2. The molecule has 0 fully saturated rings. The van der Waals surface area contributed by atoms with Gasteiger partial charge in [0.25, 0.3) is 5.91 Å². The highest BCUT2D eigenvalue weighted by Crippen LogP contribution is 2.30. The Morgan fingerprint density at radius 2 is 1.83 bits per heavy atom. The Kier molecular flexibility index (Phi) is 6.62. The molecule has 1 aromatic heterocycles. The van der Waals surface area contributed by atoms with Gasteiger partial charge < -0.3 is 10.2 Å². The number of rotatable bonds is 6. The summed E-state index contributed by atoms with van der Waals surface area (Å²) in [6.07, 6.45) is 1.55. The number of hydrogen-bond acceptors (Lipinski definition) is 3. The molecule has 0 aliphatic carbocycles. The smallest absolute Gasteiger partial charge is 0.253 e. The van der Waals surface area contributed by atoms with Crippen LogP contribution >= 0.6 is 11.6 Å². The van der Waals surface area contributed by atoms with Crippen molar-refractivity contribution in [1.29, 1.82) is 0 Å². The quantitative estimate of drug-likeness (QED) is 0.643. The number of aromatic nitrogens is 1. The van der Waals surface area contributed by atoms with Gasteiger partial charge in [0.15, 0.2) is 0 Å². The fourth-order valence-corrected chi connectivity index (χ4v) is 3.31. The lowest BCUT2D eigenvalue weighted by Crippen LogP contribution is -2.28. The highest BCUT2D eigenvalue weighted by atomic mass is 35.5. The van der Waals surface area contributed by atoms with E-state index < -0.39 is 0 Å². The van der Waals surface area contributed by atoms with E-state index in [1.165, 1.54) is 6.92 Å². The number of halogens is 1. The van der Waals surface area contributed by atoms with Crippen molar-refractivity contribution in [2.24, 2.45) is 0 Å². The summed E-state index contributed by atoms with van der Waals surface area (Å²) >= 11 is 6.39. The maximum absolute atomic E-state index is 12.3. The lowest BCUT2D eigenvalue weighted by molar-refractivity contribution is -0.116. The summed E-state index contributed by atoms with van der Waals surface area (Å²) in [5.74, 6) is -0.243. The second-order valence-electron chi connectivity index (χ2n) is 6.53. The van der Waals surface area contributed by atoms with E-state index in [0.717, 1.165) is 11.1 Å². The second kappa shape index (κ2) is 9.34. The molecule has 0 saturated heterocycles. The Morgan fingerprint density at radius 1 is 1.07 bits per heavy atom. The van der Waals surface area contributed by atoms with Crippen LogP contribution in [-0.4, -0.2) is 23.3 Å². The van der Waals surface area contributed by atoms with Crippen molar-refractivity contribution in [1.82, 2.24) is 10.3 Å². The Hall–Kier alpha value is -3.18. The summed E-state index contributed by atoms with van der Waals surface area (Å²) in [7, 11) is 0. The van der Waals surface area contributed by atoms with Crippen LogP contribution in [0.1, 0.15) is 29.8 Å². The van der Waals surface area contributed by atoms with Crippen LogP contribution < -0.4 is 10.2 Å². The van der Waals surface area contributed by atoms with Gasteiger partial charge in [0.1, 0.15) is 0 Å². The average Bonchev–Trinajstić information content (AvgIpc) is 2.74. The maximum Gasteiger partial charge on any atom is 0.253 e. The first-order chi connectivity index (χ1) is 14.0. The van der Waals surface area contributed by atoms with E-state index in [-0.39, 0.29) is 11.8 Å². The number of hydrogen-bond donors (Lipinski definition) is 1. The number of carbonyl (C=O) groups excluding carboxylic acids is 2. The molecule has 2 amide bonds. The first-order valence-corrected chi connectivity index (χ1v) is 9.73. The van der Waals surface area contributed by atoms with Crippen molar-refractivity contribution in [3.8, 4) is 11.3 Å². The molecule has 6 heteroatoms. The molecule has 0 aliphatic rings. The molecule has 2 aromatic carbocycles. The highest BCUT2D eigenvalue weighted by molar-refractivity contribution is 6.34. The van der Waals surface area contributed by atoms with Crippen LogP contribution in [-0.2, 0) is 11.3 Å². The summed E-state index contributed by atoms with van der Waals surface area (Å²) in [4.78, 5) is 30.1. The Labute approximate surface area is 175 Å². The minimum absolute atomic E-state index is 0.0638. The summed E-state index contributed by atoms with van der Waals surface area (Å²) in [5.41, 5.74) is 3.70. The summed E-state index contributed by atoms with van der Waals surface area (Å²) in [5, 5.41) is 3.36. The van der Waals surface area contributed by atoms with Crippen LogP contribution in [0, 0.1) is 0 Å². The normalized spacial score (nSPS) is 10.4. The lowest BCUT2D eigenvalue weighted by Gasteiger charge is -2.20.